The predicted octanol–water partition coefficient (Wildman–Crippen LogP) is 4.57. The third-order valence-electron chi connectivity index (χ3n) is 4.45. The SMILES string of the molecule is Cc1ccc(-n2nnc(C(=O)OCc3cccc(C(F)(F)F)c3)c2C)cc1C. The molecule has 0 fully saturated rings. The zero-order chi connectivity index (χ0) is 20.5. The van der Waals surface area contributed by atoms with Crippen LogP contribution in [0.4, 0.5) is 13.2 Å². The Hall–Kier alpha value is -3.16. The smallest absolute Gasteiger partial charge is 0.416 e. The highest BCUT2D eigenvalue weighted by atomic mass is 19.4. The normalized spacial score (nSPS) is 11.5. The lowest BCUT2D eigenvalue weighted by Crippen LogP contribution is -2.09. The van der Waals surface area contributed by atoms with Crippen molar-refractivity contribution in [1.82, 2.24) is 15.0 Å². The van der Waals surface area contributed by atoms with E-state index in [0.29, 0.717) is 5.69 Å². The van der Waals surface area contributed by atoms with Gasteiger partial charge in [0.25, 0.3) is 0 Å². The van der Waals surface area contributed by atoms with Gasteiger partial charge in [-0.15, -0.1) is 5.10 Å². The summed E-state index contributed by atoms with van der Waals surface area (Å²) in [7, 11) is 0. The van der Waals surface area contributed by atoms with E-state index in [1.807, 2.05) is 32.0 Å². The Labute approximate surface area is 159 Å². The summed E-state index contributed by atoms with van der Waals surface area (Å²) in [6, 6.07) is 10.4. The largest absolute Gasteiger partial charge is 0.456 e. The van der Waals surface area contributed by atoms with Crippen molar-refractivity contribution >= 4 is 5.97 Å². The number of esters is 1. The number of hydrogen-bond acceptors (Lipinski definition) is 4. The van der Waals surface area contributed by atoms with E-state index in [1.54, 1.807) is 6.92 Å². The number of aryl methyl sites for hydroxylation is 2. The van der Waals surface area contributed by atoms with E-state index in [1.165, 1.54) is 16.8 Å². The van der Waals surface area contributed by atoms with Gasteiger partial charge in [0.1, 0.15) is 6.61 Å². The van der Waals surface area contributed by atoms with Crippen LogP contribution in [0.2, 0.25) is 0 Å². The molecule has 0 aliphatic carbocycles. The second-order valence-corrected chi connectivity index (χ2v) is 6.48. The average Bonchev–Trinajstić information content (AvgIpc) is 3.03. The van der Waals surface area contributed by atoms with Crippen molar-refractivity contribution < 1.29 is 22.7 Å². The van der Waals surface area contributed by atoms with Crippen LogP contribution in [0.5, 0.6) is 0 Å². The first-order valence-corrected chi connectivity index (χ1v) is 8.50. The average molecular weight is 389 g/mol. The summed E-state index contributed by atoms with van der Waals surface area (Å²) in [5, 5.41) is 7.87. The number of hydrogen-bond donors (Lipinski definition) is 0. The topological polar surface area (TPSA) is 57.0 Å². The summed E-state index contributed by atoms with van der Waals surface area (Å²) in [6.07, 6.45) is -4.45. The third kappa shape index (κ3) is 4.05. The molecule has 0 radical (unpaired) electrons. The van der Waals surface area contributed by atoms with E-state index in [0.717, 1.165) is 28.9 Å². The van der Waals surface area contributed by atoms with Gasteiger partial charge in [-0.05, 0) is 61.7 Å². The molecule has 3 aromatic rings. The monoisotopic (exact) mass is 389 g/mol. The lowest BCUT2D eigenvalue weighted by Gasteiger charge is -2.09. The number of ether oxygens (including phenoxy) is 1. The molecule has 5 nitrogen and oxygen atoms in total. The first kappa shape index (κ1) is 19.6. The molecule has 0 amide bonds. The third-order valence-corrected chi connectivity index (χ3v) is 4.45. The summed E-state index contributed by atoms with van der Waals surface area (Å²) in [5.41, 5.74) is 2.90. The van der Waals surface area contributed by atoms with Crippen molar-refractivity contribution in [2.24, 2.45) is 0 Å². The fraction of sp³-hybridized carbons (Fsp3) is 0.250. The van der Waals surface area contributed by atoms with Crippen LogP contribution in [0.1, 0.15) is 38.4 Å². The molecular formula is C20H18F3N3O2. The van der Waals surface area contributed by atoms with Gasteiger partial charge in [-0.1, -0.05) is 23.4 Å². The van der Waals surface area contributed by atoms with Gasteiger partial charge in [0.2, 0.25) is 0 Å². The zero-order valence-electron chi connectivity index (χ0n) is 15.5. The molecule has 1 aromatic heterocycles. The first-order valence-electron chi connectivity index (χ1n) is 8.50. The van der Waals surface area contributed by atoms with Crippen LogP contribution in [-0.4, -0.2) is 21.0 Å². The molecular weight excluding hydrogens is 371 g/mol. The van der Waals surface area contributed by atoms with Crippen LogP contribution in [0.15, 0.2) is 42.5 Å². The van der Waals surface area contributed by atoms with Gasteiger partial charge >= 0.3 is 12.1 Å². The summed E-state index contributed by atoms with van der Waals surface area (Å²) >= 11 is 0. The van der Waals surface area contributed by atoms with E-state index < -0.39 is 17.7 Å². The number of nitrogens with zero attached hydrogens (tertiary/aromatic N) is 3. The number of alkyl halides is 3. The van der Waals surface area contributed by atoms with Gasteiger partial charge in [-0.3, -0.25) is 0 Å². The van der Waals surface area contributed by atoms with E-state index in [-0.39, 0.29) is 17.9 Å². The van der Waals surface area contributed by atoms with Gasteiger partial charge in [-0.2, -0.15) is 13.2 Å². The minimum atomic E-state index is -4.45. The highest BCUT2D eigenvalue weighted by Gasteiger charge is 2.30. The van der Waals surface area contributed by atoms with E-state index in [4.69, 9.17) is 4.74 Å². The fourth-order valence-corrected chi connectivity index (χ4v) is 2.68. The van der Waals surface area contributed by atoms with E-state index in [2.05, 4.69) is 10.3 Å². The maximum absolute atomic E-state index is 12.8. The molecule has 0 atom stereocenters. The Balaban J connectivity index is 1.75. The van der Waals surface area contributed by atoms with Crippen LogP contribution >= 0.6 is 0 Å². The molecule has 0 saturated heterocycles. The molecule has 2 aromatic carbocycles. The molecule has 1 heterocycles. The minimum Gasteiger partial charge on any atom is -0.456 e. The van der Waals surface area contributed by atoms with Crippen molar-refractivity contribution in [2.45, 2.75) is 33.6 Å². The van der Waals surface area contributed by atoms with E-state index >= 15 is 0 Å². The Bertz CT molecular complexity index is 1030. The van der Waals surface area contributed by atoms with Gasteiger partial charge in [0.15, 0.2) is 5.69 Å². The number of rotatable bonds is 4. The molecule has 8 heteroatoms. The predicted molar refractivity (Wildman–Crippen MR) is 96.1 cm³/mol. The number of aromatic nitrogens is 3. The lowest BCUT2D eigenvalue weighted by molar-refractivity contribution is -0.137. The van der Waals surface area contributed by atoms with Gasteiger partial charge < -0.3 is 4.74 Å². The van der Waals surface area contributed by atoms with Crippen molar-refractivity contribution in [3.05, 3.63) is 76.1 Å². The van der Waals surface area contributed by atoms with Crippen LogP contribution in [0.25, 0.3) is 5.69 Å². The molecule has 0 bridgehead atoms. The Morgan fingerprint density at radius 3 is 2.50 bits per heavy atom. The van der Waals surface area contributed by atoms with Crippen molar-refractivity contribution in [2.75, 3.05) is 0 Å². The Morgan fingerprint density at radius 1 is 1.07 bits per heavy atom. The summed E-state index contributed by atoms with van der Waals surface area (Å²) in [5.74, 6) is -0.745. The van der Waals surface area contributed by atoms with Crippen molar-refractivity contribution in [3.8, 4) is 5.69 Å². The van der Waals surface area contributed by atoms with Crippen LogP contribution < -0.4 is 0 Å². The maximum atomic E-state index is 12.8. The minimum absolute atomic E-state index is 0.0187. The standard InChI is InChI=1S/C20H18F3N3O2/c1-12-7-8-17(9-13(12)2)26-14(3)18(24-25-26)19(27)28-11-15-5-4-6-16(10-15)20(21,22)23/h4-10H,11H2,1-3H3. The molecule has 28 heavy (non-hydrogen) atoms. The van der Waals surface area contributed by atoms with Crippen LogP contribution in [0, 0.1) is 20.8 Å². The number of carbonyl (C=O) groups is 1. The second kappa shape index (κ2) is 7.46. The van der Waals surface area contributed by atoms with Crippen molar-refractivity contribution in [1.29, 1.82) is 0 Å². The lowest BCUT2D eigenvalue weighted by atomic mass is 10.1. The highest BCUT2D eigenvalue weighted by molar-refractivity contribution is 5.88. The van der Waals surface area contributed by atoms with E-state index in [9.17, 15) is 18.0 Å². The Morgan fingerprint density at radius 2 is 1.82 bits per heavy atom. The molecule has 0 aliphatic heterocycles. The molecule has 0 unspecified atom stereocenters. The van der Waals surface area contributed by atoms with Crippen molar-refractivity contribution in [3.63, 3.8) is 0 Å². The second-order valence-electron chi connectivity index (χ2n) is 6.48. The molecule has 0 N–H and O–H groups in total. The van der Waals surface area contributed by atoms with Gasteiger partial charge in [-0.25, -0.2) is 9.48 Å². The summed E-state index contributed by atoms with van der Waals surface area (Å²) in [6.45, 7) is 5.34. The number of benzene rings is 2. The highest BCUT2D eigenvalue weighted by Crippen LogP contribution is 2.29. The molecule has 0 spiro atoms. The molecule has 3 rings (SSSR count). The van der Waals surface area contributed by atoms with Gasteiger partial charge in [0.05, 0.1) is 16.9 Å². The van der Waals surface area contributed by atoms with Crippen LogP contribution in [-0.2, 0) is 17.5 Å². The quantitative estimate of drug-likeness (QED) is 0.614. The number of halogens is 3. The molecule has 146 valence electrons. The van der Waals surface area contributed by atoms with Gasteiger partial charge in [0, 0.05) is 0 Å². The summed E-state index contributed by atoms with van der Waals surface area (Å²) < 4.78 is 45.0. The zero-order valence-corrected chi connectivity index (χ0v) is 15.5. The van der Waals surface area contributed by atoms with Crippen LogP contribution in [0.3, 0.4) is 0 Å². The summed E-state index contributed by atoms with van der Waals surface area (Å²) in [4.78, 5) is 12.3. The maximum Gasteiger partial charge on any atom is 0.416 e. The first-order chi connectivity index (χ1) is 13.2. The Kier molecular flexibility index (Phi) is 5.22. The number of carbonyl (C=O) groups excluding carboxylic acids is 1. The fourth-order valence-electron chi connectivity index (χ4n) is 2.68. The molecule has 0 aliphatic rings. The molecule has 0 saturated carbocycles.